The number of H-pyrrole nitrogens is 1. The lowest BCUT2D eigenvalue weighted by atomic mass is 9.95. The van der Waals surface area contributed by atoms with E-state index in [1.54, 1.807) is 0 Å². The van der Waals surface area contributed by atoms with Crippen molar-refractivity contribution in [2.24, 2.45) is 0 Å². The van der Waals surface area contributed by atoms with E-state index in [9.17, 15) is 18.4 Å². The van der Waals surface area contributed by atoms with Crippen molar-refractivity contribution in [3.8, 4) is 11.8 Å². The molecule has 0 aliphatic carbocycles. The largest absolute Gasteiger partial charge is 0.370 e. The van der Waals surface area contributed by atoms with Crippen LogP contribution >= 0.6 is 0 Å². The minimum atomic E-state index is -3.12. The zero-order chi connectivity index (χ0) is 20.7. The summed E-state index contributed by atoms with van der Waals surface area (Å²) in [5.74, 6) is 3.50. The number of hydroxylamine groups is 1. The van der Waals surface area contributed by atoms with Gasteiger partial charge in [-0.2, -0.15) is 0 Å². The molecule has 1 unspecified atom stereocenters. The third-order valence-corrected chi connectivity index (χ3v) is 3.99. The lowest BCUT2D eigenvalue weighted by molar-refractivity contribution is -0.157. The van der Waals surface area contributed by atoms with Gasteiger partial charge in [-0.25, -0.2) is 14.3 Å². The van der Waals surface area contributed by atoms with E-state index in [2.05, 4.69) is 32.6 Å². The molecule has 0 radical (unpaired) electrons. The number of aromatic amines is 1. The number of nitrogens with one attached hydrogen (secondary N) is 3. The lowest BCUT2D eigenvalue weighted by Crippen LogP contribution is -2.62. The number of rotatable bonds is 6. The predicted molar refractivity (Wildman–Crippen MR) is 91.4 cm³/mol. The van der Waals surface area contributed by atoms with Crippen molar-refractivity contribution in [3.05, 3.63) is 47.3 Å². The van der Waals surface area contributed by atoms with Crippen LogP contribution in [0.15, 0.2) is 30.5 Å². The third kappa shape index (κ3) is 4.67. The third-order valence-electron chi connectivity index (χ3n) is 3.99. The normalized spacial score (nSPS) is 13.8. The van der Waals surface area contributed by atoms with E-state index in [1.807, 2.05) is 0 Å². The maximum absolute atomic E-state index is 13.4. The summed E-state index contributed by atoms with van der Waals surface area (Å²) in [7, 11) is 0.971. The van der Waals surface area contributed by atoms with Gasteiger partial charge in [0, 0.05) is 18.2 Å². The molecule has 0 saturated carbocycles. The van der Waals surface area contributed by atoms with Gasteiger partial charge in [0.1, 0.15) is 6.04 Å². The maximum atomic E-state index is 13.4. The summed E-state index contributed by atoms with van der Waals surface area (Å²) < 4.78 is 31.5. The van der Waals surface area contributed by atoms with Crippen LogP contribution in [0.4, 0.5) is 8.78 Å². The molecule has 2 atom stereocenters. The number of aromatic nitrogens is 3. The number of nitrogens with zero attached hydrogens (tertiary/aromatic N) is 2. The smallest absolute Gasteiger partial charge is 0.269 e. The number of carbonyl (C=O) groups excluding carboxylic acids is 2. The van der Waals surface area contributed by atoms with Gasteiger partial charge in [0.25, 0.3) is 18.2 Å². The number of halogens is 2. The molecular weight excluding hydrogens is 376 g/mol. The van der Waals surface area contributed by atoms with Gasteiger partial charge >= 0.3 is 0 Å². The van der Waals surface area contributed by atoms with E-state index in [0.29, 0.717) is 11.3 Å². The molecule has 0 bridgehead atoms. The highest BCUT2D eigenvalue weighted by Gasteiger charge is 2.48. The van der Waals surface area contributed by atoms with Crippen molar-refractivity contribution >= 4 is 11.8 Å². The number of alkyl halides is 2. The van der Waals surface area contributed by atoms with Crippen LogP contribution in [0.2, 0.25) is 0 Å². The molecule has 2 aromatic rings. The Bertz CT molecular complexity index is 877. The van der Waals surface area contributed by atoms with Gasteiger partial charge in [-0.05, 0) is 37.1 Å². The quantitative estimate of drug-likeness (QED) is 0.321. The number of methoxy groups -OCH3 is 1. The van der Waals surface area contributed by atoms with Crippen molar-refractivity contribution in [2.75, 3.05) is 7.11 Å². The Labute approximate surface area is 158 Å². The first-order valence-corrected chi connectivity index (χ1v) is 7.88. The Morgan fingerprint density at radius 1 is 1.29 bits per heavy atom. The van der Waals surface area contributed by atoms with E-state index in [1.165, 1.54) is 35.9 Å². The molecule has 0 saturated heterocycles. The molecule has 4 N–H and O–H groups in total. The van der Waals surface area contributed by atoms with E-state index < -0.39 is 29.9 Å². The number of amides is 2. The van der Waals surface area contributed by atoms with Gasteiger partial charge in [-0.3, -0.25) is 19.9 Å². The van der Waals surface area contributed by atoms with Crippen LogP contribution in [0.25, 0.3) is 0 Å². The second-order valence-corrected chi connectivity index (χ2v) is 5.76. The first kappa shape index (κ1) is 20.9. The molecule has 2 rings (SSSR count). The van der Waals surface area contributed by atoms with Crippen molar-refractivity contribution in [1.82, 2.24) is 26.2 Å². The fourth-order valence-corrected chi connectivity index (χ4v) is 2.18. The molecule has 1 aromatic carbocycles. The molecule has 9 nitrogen and oxygen atoms in total. The van der Waals surface area contributed by atoms with Gasteiger partial charge < -0.3 is 10.1 Å². The summed E-state index contributed by atoms with van der Waals surface area (Å²) >= 11 is 0. The SMILES string of the molecule is COC(C)(C(F)F)[C@H](NC(=O)c1ccc(C#Cc2c[nH]nn2)cc1)C(=O)NO. The van der Waals surface area contributed by atoms with Crippen LogP contribution < -0.4 is 10.8 Å². The molecule has 0 fully saturated rings. The monoisotopic (exact) mass is 393 g/mol. The molecule has 0 aliphatic heterocycles. The number of ether oxygens (including phenoxy) is 1. The van der Waals surface area contributed by atoms with E-state index >= 15 is 0 Å². The van der Waals surface area contributed by atoms with Crippen molar-refractivity contribution in [3.63, 3.8) is 0 Å². The van der Waals surface area contributed by atoms with Crippen LogP contribution in [0.5, 0.6) is 0 Å². The zero-order valence-corrected chi connectivity index (χ0v) is 14.9. The topological polar surface area (TPSA) is 129 Å². The lowest BCUT2D eigenvalue weighted by Gasteiger charge is -2.34. The summed E-state index contributed by atoms with van der Waals surface area (Å²) in [5, 5.41) is 20.7. The highest BCUT2D eigenvalue weighted by Crippen LogP contribution is 2.24. The second kappa shape index (κ2) is 9.03. The van der Waals surface area contributed by atoms with Crippen LogP contribution in [-0.4, -0.2) is 57.6 Å². The number of hydrogen-bond acceptors (Lipinski definition) is 6. The summed E-state index contributed by atoms with van der Waals surface area (Å²) in [6.07, 6.45) is -1.61. The Morgan fingerprint density at radius 2 is 1.96 bits per heavy atom. The maximum Gasteiger partial charge on any atom is 0.269 e. The van der Waals surface area contributed by atoms with Gasteiger partial charge in [0.15, 0.2) is 11.3 Å². The summed E-state index contributed by atoms with van der Waals surface area (Å²) in [6.45, 7) is 0.945. The van der Waals surface area contributed by atoms with E-state index in [4.69, 9.17) is 9.94 Å². The van der Waals surface area contributed by atoms with Crippen LogP contribution in [0.1, 0.15) is 28.5 Å². The molecule has 0 aliphatic rings. The second-order valence-electron chi connectivity index (χ2n) is 5.76. The van der Waals surface area contributed by atoms with Gasteiger partial charge in [0.05, 0.1) is 6.20 Å². The van der Waals surface area contributed by atoms with Gasteiger partial charge in [0.2, 0.25) is 0 Å². The number of hydrogen-bond donors (Lipinski definition) is 4. The fourth-order valence-electron chi connectivity index (χ4n) is 2.18. The molecule has 2 amide bonds. The number of benzene rings is 1. The first-order chi connectivity index (χ1) is 13.3. The minimum absolute atomic E-state index is 0.0930. The van der Waals surface area contributed by atoms with Crippen molar-refractivity contribution < 1.29 is 28.3 Å². The first-order valence-electron chi connectivity index (χ1n) is 7.88. The molecule has 11 heteroatoms. The van der Waals surface area contributed by atoms with Crippen molar-refractivity contribution in [1.29, 1.82) is 0 Å². The summed E-state index contributed by atoms with van der Waals surface area (Å²) in [6, 6.07) is 4.03. The molecule has 1 heterocycles. The zero-order valence-electron chi connectivity index (χ0n) is 14.9. The summed E-state index contributed by atoms with van der Waals surface area (Å²) in [4.78, 5) is 24.2. The fraction of sp³-hybridized carbons (Fsp3) is 0.294. The van der Waals surface area contributed by atoms with Crippen molar-refractivity contribution in [2.45, 2.75) is 25.0 Å². The summed E-state index contributed by atoms with van der Waals surface area (Å²) in [5.41, 5.74) is -0.00180. The predicted octanol–water partition coefficient (Wildman–Crippen LogP) is 0.478. The molecule has 28 heavy (non-hydrogen) atoms. The van der Waals surface area contributed by atoms with E-state index in [-0.39, 0.29) is 5.56 Å². The Balaban J connectivity index is 2.18. The minimum Gasteiger partial charge on any atom is -0.370 e. The Morgan fingerprint density at radius 3 is 2.46 bits per heavy atom. The molecule has 148 valence electrons. The molecule has 0 spiro atoms. The molecule has 1 aromatic heterocycles. The van der Waals surface area contributed by atoms with Crippen LogP contribution in [-0.2, 0) is 9.53 Å². The average molecular weight is 393 g/mol. The van der Waals surface area contributed by atoms with Gasteiger partial charge in [-0.15, -0.1) is 5.10 Å². The van der Waals surface area contributed by atoms with Crippen LogP contribution in [0.3, 0.4) is 0 Å². The van der Waals surface area contributed by atoms with Crippen LogP contribution in [0, 0.1) is 11.8 Å². The Hall–Kier alpha value is -3.36. The highest BCUT2D eigenvalue weighted by atomic mass is 19.3. The van der Waals surface area contributed by atoms with Gasteiger partial charge in [-0.1, -0.05) is 11.1 Å². The van der Waals surface area contributed by atoms with E-state index in [0.717, 1.165) is 14.0 Å². The number of carbonyl (C=O) groups is 2. The molecular formula is C17H17F2N5O4. The Kier molecular flexibility index (Phi) is 6.75. The standard InChI is InChI=1S/C17H17F2N5O4/c1-17(28-2,16(18)19)13(15(26)23-27)21-14(25)11-6-3-10(4-7-11)5-8-12-9-20-24-22-12/h3-4,6-7,9,13,16,27H,1-2H3,(H,21,25)(H,23,26)(H,20,22,24)/t13-,17?/m1/s1. The average Bonchev–Trinajstić information content (AvgIpc) is 3.23. The highest BCUT2D eigenvalue weighted by molar-refractivity contribution is 5.97.